The van der Waals surface area contributed by atoms with Crippen LogP contribution in [-0.2, 0) is 14.8 Å². The third kappa shape index (κ3) is 3.73. The lowest BCUT2D eigenvalue weighted by Gasteiger charge is -2.14. The molecule has 2 aromatic carbocycles. The number of carboxylic acid groups (broad SMARTS) is 1. The van der Waals surface area contributed by atoms with E-state index in [-0.39, 0.29) is 22.1 Å². The van der Waals surface area contributed by atoms with Gasteiger partial charge in [-0.1, -0.05) is 24.3 Å². The van der Waals surface area contributed by atoms with Crippen molar-refractivity contribution in [2.75, 3.05) is 10.5 Å². The van der Waals surface area contributed by atoms with Gasteiger partial charge in [0.2, 0.25) is 0 Å². The molecule has 0 atom stereocenters. The molecular weight excluding hydrogens is 382 g/mol. The van der Waals surface area contributed by atoms with Crippen molar-refractivity contribution >= 4 is 55.6 Å². The number of rotatable bonds is 6. The highest BCUT2D eigenvalue weighted by atomic mass is 32.2. The van der Waals surface area contributed by atoms with Gasteiger partial charge in [-0.05, 0) is 17.5 Å². The number of benzene rings is 2. The van der Waals surface area contributed by atoms with Crippen molar-refractivity contribution in [3.8, 4) is 5.75 Å². The first-order valence-electron chi connectivity index (χ1n) is 7.03. The third-order valence-electron chi connectivity index (χ3n) is 3.38. The maximum absolute atomic E-state index is 12.5. The summed E-state index contributed by atoms with van der Waals surface area (Å²) in [5, 5.41) is 23.4. The Kier molecular flexibility index (Phi) is 4.89. The summed E-state index contributed by atoms with van der Waals surface area (Å²) >= 11 is 2.19. The molecule has 130 valence electrons. The number of carboxylic acids is 1. The summed E-state index contributed by atoms with van der Waals surface area (Å²) in [6.45, 7) is 0. The van der Waals surface area contributed by atoms with Crippen LogP contribution in [0, 0.1) is 0 Å². The van der Waals surface area contributed by atoms with Crippen LogP contribution in [-0.4, -0.2) is 30.4 Å². The fourth-order valence-corrected chi connectivity index (χ4v) is 5.10. The lowest BCUT2D eigenvalue weighted by Crippen LogP contribution is -2.12. The van der Waals surface area contributed by atoms with Gasteiger partial charge in [0.15, 0.2) is 0 Å². The fraction of sp³-hybridized carbons (Fsp3) is 0.0625. The molecule has 0 aliphatic heterocycles. The van der Waals surface area contributed by atoms with Gasteiger partial charge in [0.05, 0.1) is 21.2 Å². The van der Waals surface area contributed by atoms with E-state index >= 15 is 0 Å². The lowest BCUT2D eigenvalue weighted by molar-refractivity contribution is -0.133. The van der Waals surface area contributed by atoms with E-state index in [1.807, 2.05) is 0 Å². The van der Waals surface area contributed by atoms with E-state index in [1.165, 1.54) is 28.8 Å². The van der Waals surface area contributed by atoms with Crippen LogP contribution in [0.4, 0.5) is 5.69 Å². The van der Waals surface area contributed by atoms with Crippen LogP contribution in [0.1, 0.15) is 0 Å². The van der Waals surface area contributed by atoms with Gasteiger partial charge in [0.1, 0.15) is 5.75 Å². The number of phenols is 1. The zero-order valence-corrected chi connectivity index (χ0v) is 15.1. The molecule has 0 radical (unpaired) electrons. The molecule has 0 unspecified atom stereocenters. The van der Waals surface area contributed by atoms with Crippen molar-refractivity contribution in [1.29, 1.82) is 0 Å². The molecule has 3 N–H and O–H groups in total. The van der Waals surface area contributed by atoms with Crippen LogP contribution in [0.5, 0.6) is 5.75 Å². The van der Waals surface area contributed by atoms with Crippen LogP contribution in [0.3, 0.4) is 0 Å². The van der Waals surface area contributed by atoms with Crippen molar-refractivity contribution in [2.24, 2.45) is 0 Å². The maximum Gasteiger partial charge on any atom is 0.313 e. The molecule has 3 aromatic rings. The number of hydrogen-bond acceptors (Lipinski definition) is 6. The molecule has 0 saturated heterocycles. The highest BCUT2D eigenvalue weighted by molar-refractivity contribution is 8.00. The zero-order valence-electron chi connectivity index (χ0n) is 12.7. The average molecular weight is 395 g/mol. The predicted molar refractivity (Wildman–Crippen MR) is 99.1 cm³/mol. The monoisotopic (exact) mass is 395 g/mol. The number of carbonyl (C=O) groups is 1. The van der Waals surface area contributed by atoms with Crippen LogP contribution < -0.4 is 4.72 Å². The number of thioether (sulfide) groups is 1. The van der Waals surface area contributed by atoms with Crippen LogP contribution in [0.2, 0.25) is 0 Å². The summed E-state index contributed by atoms with van der Waals surface area (Å²) in [5.41, 5.74) is 0.285. The lowest BCUT2D eigenvalue weighted by atomic mass is 10.1. The number of anilines is 1. The number of hydrogen-bond donors (Lipinski definition) is 3. The number of sulfonamides is 1. The van der Waals surface area contributed by atoms with Gasteiger partial charge in [0, 0.05) is 16.2 Å². The largest absolute Gasteiger partial charge is 0.506 e. The van der Waals surface area contributed by atoms with E-state index in [9.17, 15) is 18.3 Å². The van der Waals surface area contributed by atoms with Crippen molar-refractivity contribution in [3.63, 3.8) is 0 Å². The predicted octanol–water partition coefficient (Wildman–Crippen LogP) is 3.58. The molecule has 1 aromatic heterocycles. The second-order valence-corrected chi connectivity index (χ2v) is 8.54. The number of aromatic hydroxyl groups is 1. The number of aliphatic carboxylic acids is 1. The molecule has 0 amide bonds. The van der Waals surface area contributed by atoms with E-state index in [1.54, 1.807) is 29.6 Å². The molecule has 3 rings (SSSR count). The van der Waals surface area contributed by atoms with E-state index in [0.717, 1.165) is 11.8 Å². The number of fused-ring (bicyclic) bond motifs is 1. The Labute approximate surface area is 152 Å². The smallest absolute Gasteiger partial charge is 0.313 e. The van der Waals surface area contributed by atoms with Gasteiger partial charge in [0.25, 0.3) is 10.0 Å². The summed E-state index contributed by atoms with van der Waals surface area (Å²) in [5.74, 6) is -1.35. The topological polar surface area (TPSA) is 104 Å². The Morgan fingerprint density at radius 3 is 2.56 bits per heavy atom. The van der Waals surface area contributed by atoms with Crippen LogP contribution >= 0.6 is 23.1 Å². The second kappa shape index (κ2) is 6.95. The SMILES string of the molecule is O=C(O)CSc1cc(NS(=O)(=O)c2ccsc2)c2ccccc2c1O. The number of phenolic OH excluding ortho intramolecular Hbond substituents is 1. The highest BCUT2D eigenvalue weighted by Crippen LogP contribution is 2.40. The first-order valence-corrected chi connectivity index (χ1v) is 10.4. The summed E-state index contributed by atoms with van der Waals surface area (Å²) in [6.07, 6.45) is 0. The van der Waals surface area contributed by atoms with Crippen LogP contribution in [0.25, 0.3) is 10.8 Å². The second-order valence-electron chi connectivity index (χ2n) is 5.06. The summed E-state index contributed by atoms with van der Waals surface area (Å²) in [4.78, 5) is 11.2. The molecule has 0 fully saturated rings. The Morgan fingerprint density at radius 1 is 1.20 bits per heavy atom. The zero-order chi connectivity index (χ0) is 18.0. The highest BCUT2D eigenvalue weighted by Gasteiger charge is 2.19. The van der Waals surface area contributed by atoms with Gasteiger partial charge < -0.3 is 10.2 Å². The van der Waals surface area contributed by atoms with E-state index in [0.29, 0.717) is 15.7 Å². The van der Waals surface area contributed by atoms with Crippen molar-refractivity contribution in [3.05, 3.63) is 47.2 Å². The molecule has 0 spiro atoms. The Hall–Kier alpha value is -2.23. The van der Waals surface area contributed by atoms with Crippen LogP contribution in [0.15, 0.2) is 56.9 Å². The van der Waals surface area contributed by atoms with E-state index in [2.05, 4.69) is 4.72 Å². The standard InChI is InChI=1S/C16H13NO5S3/c18-15(19)9-24-14-7-13(11-3-1-2-4-12(11)16(14)20)17-25(21,22)10-5-6-23-8-10/h1-8,17,20H,9H2,(H,18,19). The summed E-state index contributed by atoms with van der Waals surface area (Å²) < 4.78 is 27.5. The Balaban J connectivity index is 2.10. The first kappa shape index (κ1) is 17.6. The average Bonchev–Trinajstić information content (AvgIpc) is 3.11. The molecule has 0 saturated carbocycles. The molecule has 9 heteroatoms. The molecule has 1 heterocycles. The van der Waals surface area contributed by atoms with Gasteiger partial charge in [-0.15, -0.1) is 11.8 Å². The maximum atomic E-state index is 12.5. The molecular formula is C16H13NO5S3. The minimum Gasteiger partial charge on any atom is -0.506 e. The van der Waals surface area contributed by atoms with Gasteiger partial charge >= 0.3 is 5.97 Å². The molecule has 25 heavy (non-hydrogen) atoms. The minimum absolute atomic E-state index is 0.0691. The summed E-state index contributed by atoms with van der Waals surface area (Å²) in [6, 6.07) is 9.73. The quantitative estimate of drug-likeness (QED) is 0.435. The van der Waals surface area contributed by atoms with Gasteiger partial charge in [-0.3, -0.25) is 9.52 Å². The Morgan fingerprint density at radius 2 is 1.92 bits per heavy atom. The van der Waals surface area contributed by atoms with E-state index < -0.39 is 16.0 Å². The van der Waals surface area contributed by atoms with Gasteiger partial charge in [-0.2, -0.15) is 11.3 Å². The minimum atomic E-state index is -3.77. The normalized spacial score (nSPS) is 11.5. The molecule has 0 bridgehead atoms. The first-order chi connectivity index (χ1) is 11.9. The third-order valence-corrected chi connectivity index (χ3v) is 6.59. The number of thiophene rings is 1. The van der Waals surface area contributed by atoms with Gasteiger partial charge in [-0.25, -0.2) is 8.42 Å². The fourth-order valence-electron chi connectivity index (χ4n) is 2.28. The van der Waals surface area contributed by atoms with Crippen molar-refractivity contribution in [1.82, 2.24) is 0 Å². The van der Waals surface area contributed by atoms with Crippen molar-refractivity contribution < 1.29 is 23.4 Å². The molecule has 0 aliphatic carbocycles. The number of nitrogens with one attached hydrogen (secondary N) is 1. The molecule has 6 nitrogen and oxygen atoms in total. The molecule has 0 aliphatic rings. The summed E-state index contributed by atoms with van der Waals surface area (Å²) in [7, 11) is -3.77. The van der Waals surface area contributed by atoms with Crippen molar-refractivity contribution in [2.45, 2.75) is 9.79 Å². The van der Waals surface area contributed by atoms with E-state index in [4.69, 9.17) is 5.11 Å². The Bertz CT molecular complexity index is 1030.